The molecule has 6 nitrogen and oxygen atoms in total. The van der Waals surface area contributed by atoms with Crippen LogP contribution in [0.3, 0.4) is 0 Å². The van der Waals surface area contributed by atoms with Gasteiger partial charge in [0.1, 0.15) is 0 Å². The van der Waals surface area contributed by atoms with Gasteiger partial charge in [-0.3, -0.25) is 9.59 Å². The van der Waals surface area contributed by atoms with Crippen molar-refractivity contribution in [3.8, 4) is 0 Å². The van der Waals surface area contributed by atoms with E-state index in [1.807, 2.05) is 47.8 Å². The summed E-state index contributed by atoms with van der Waals surface area (Å²) in [6.07, 6.45) is 0. The summed E-state index contributed by atoms with van der Waals surface area (Å²) in [6, 6.07) is 18.7. The van der Waals surface area contributed by atoms with Gasteiger partial charge in [0.15, 0.2) is 0 Å². The van der Waals surface area contributed by atoms with E-state index in [-0.39, 0.29) is 4.90 Å². The van der Waals surface area contributed by atoms with E-state index in [0.29, 0.717) is 26.8 Å². The fourth-order valence-electron chi connectivity index (χ4n) is 3.03. The molecule has 0 saturated carbocycles. The quantitative estimate of drug-likeness (QED) is 0.572. The van der Waals surface area contributed by atoms with Crippen LogP contribution < -0.4 is 10.0 Å². The van der Waals surface area contributed by atoms with Crippen molar-refractivity contribution in [3.63, 3.8) is 0 Å². The van der Waals surface area contributed by atoms with Crippen LogP contribution in [0.15, 0.2) is 81.9 Å². The number of carbonyl (C=O) groups is 2. The Hall–Kier alpha value is -2.72. The highest BCUT2D eigenvalue weighted by molar-refractivity contribution is 8.03. The summed E-state index contributed by atoms with van der Waals surface area (Å²) in [5, 5.41) is 6.98. The summed E-state index contributed by atoms with van der Waals surface area (Å²) in [4.78, 5) is 28.5. The molecule has 9 heteroatoms. The number of carbonyl (C=O) groups excluding carboxylic acids is 2. The van der Waals surface area contributed by atoms with Gasteiger partial charge in [-0.15, -0.1) is 23.1 Å². The van der Waals surface area contributed by atoms with Gasteiger partial charge in [-0.25, -0.2) is 18.5 Å². The maximum Gasteiger partial charge on any atom is 0.272 e. The second-order valence-corrected chi connectivity index (χ2v) is 9.94. The van der Waals surface area contributed by atoms with Gasteiger partial charge in [0.2, 0.25) is 10.0 Å². The second kappa shape index (κ2) is 8.19. The van der Waals surface area contributed by atoms with Crippen molar-refractivity contribution in [2.45, 2.75) is 10.6 Å². The number of nitrogens with two attached hydrogens (primary N) is 1. The molecule has 2 N–H and O–H groups in total. The van der Waals surface area contributed by atoms with Gasteiger partial charge in [-0.1, -0.05) is 36.4 Å². The molecule has 2 amide bonds. The predicted octanol–water partition coefficient (Wildman–Crippen LogP) is 3.61. The van der Waals surface area contributed by atoms with Crippen molar-refractivity contribution in [1.29, 1.82) is 0 Å². The lowest BCUT2D eigenvalue weighted by Gasteiger charge is -2.15. The Labute approximate surface area is 182 Å². The number of rotatable bonds is 6. The molecule has 0 atom stereocenters. The molecule has 0 saturated heterocycles. The Bertz CT molecular complexity index is 1230. The zero-order valence-corrected chi connectivity index (χ0v) is 18.0. The summed E-state index contributed by atoms with van der Waals surface area (Å²) in [5.41, 5.74) is 1.70. The van der Waals surface area contributed by atoms with Gasteiger partial charge in [0, 0.05) is 10.6 Å². The smallest absolute Gasteiger partial charge is 0.268 e. The van der Waals surface area contributed by atoms with E-state index < -0.39 is 21.8 Å². The number of imide groups is 1. The number of benzene rings is 2. The average Bonchev–Trinajstić information content (AvgIpc) is 3.33. The maximum atomic E-state index is 13.2. The molecule has 0 spiro atoms. The number of sulfonamides is 1. The monoisotopic (exact) mass is 456 g/mol. The Kier molecular flexibility index (Phi) is 5.61. The van der Waals surface area contributed by atoms with Gasteiger partial charge in [0.05, 0.1) is 21.1 Å². The third kappa shape index (κ3) is 3.97. The van der Waals surface area contributed by atoms with Crippen LogP contribution in [0.2, 0.25) is 0 Å². The van der Waals surface area contributed by atoms with Gasteiger partial charge in [-0.05, 0) is 41.3 Å². The van der Waals surface area contributed by atoms with E-state index in [1.54, 1.807) is 0 Å². The van der Waals surface area contributed by atoms with Crippen molar-refractivity contribution in [2.75, 3.05) is 4.90 Å². The Balaban J connectivity index is 1.69. The van der Waals surface area contributed by atoms with Crippen molar-refractivity contribution < 1.29 is 18.0 Å². The fraction of sp³-hybridized carbons (Fsp3) is 0.0476. The van der Waals surface area contributed by atoms with Crippen LogP contribution in [0.5, 0.6) is 0 Å². The Morgan fingerprint density at radius 1 is 0.900 bits per heavy atom. The molecular formula is C21H16N2O4S3. The normalized spacial score (nSPS) is 14.6. The standard InChI is InChI=1S/C21H16N2O4S3/c22-30(26,27)16-10-8-15(9-11-16)23-20(24)18(17-7-4-12-28-17)19(21(23)25)29-13-14-5-2-1-3-6-14/h1-12H,13H2,(H2,22,26,27). The zero-order chi connectivity index (χ0) is 21.3. The molecule has 1 aliphatic rings. The Morgan fingerprint density at radius 2 is 1.60 bits per heavy atom. The number of nitrogens with zero attached hydrogens (tertiary/aromatic N) is 1. The first-order valence-electron chi connectivity index (χ1n) is 8.83. The van der Waals surface area contributed by atoms with Crippen molar-refractivity contribution >= 4 is 56.2 Å². The summed E-state index contributed by atoms with van der Waals surface area (Å²) in [5.74, 6) is -0.309. The minimum Gasteiger partial charge on any atom is -0.268 e. The van der Waals surface area contributed by atoms with Gasteiger partial charge < -0.3 is 0 Å². The summed E-state index contributed by atoms with van der Waals surface area (Å²) in [6.45, 7) is 0. The number of anilines is 1. The molecule has 1 aromatic heterocycles. The number of hydrogen-bond donors (Lipinski definition) is 1. The van der Waals surface area contributed by atoms with Crippen LogP contribution in [-0.2, 0) is 25.4 Å². The first kappa shape index (κ1) is 20.5. The van der Waals surface area contributed by atoms with Crippen molar-refractivity contribution in [2.24, 2.45) is 5.14 Å². The summed E-state index contributed by atoms with van der Waals surface area (Å²) >= 11 is 2.71. The molecule has 0 unspecified atom stereocenters. The highest BCUT2D eigenvalue weighted by atomic mass is 32.2. The molecule has 2 aromatic carbocycles. The molecular weight excluding hydrogens is 440 g/mol. The minimum atomic E-state index is -3.87. The average molecular weight is 457 g/mol. The highest BCUT2D eigenvalue weighted by Gasteiger charge is 2.40. The molecule has 0 radical (unpaired) electrons. The van der Waals surface area contributed by atoms with Crippen molar-refractivity contribution in [3.05, 3.63) is 87.5 Å². The number of amides is 2. The van der Waals surface area contributed by atoms with Crippen molar-refractivity contribution in [1.82, 2.24) is 0 Å². The van der Waals surface area contributed by atoms with Gasteiger partial charge in [0.25, 0.3) is 11.8 Å². The summed E-state index contributed by atoms with van der Waals surface area (Å²) < 4.78 is 23.0. The number of thiophene rings is 1. The van der Waals surface area contributed by atoms with Gasteiger partial charge in [-0.2, -0.15) is 0 Å². The van der Waals surface area contributed by atoms with Crippen LogP contribution in [0.25, 0.3) is 5.57 Å². The molecule has 0 aliphatic carbocycles. The van der Waals surface area contributed by atoms with E-state index in [2.05, 4.69) is 0 Å². The SMILES string of the molecule is NS(=O)(=O)c1ccc(N2C(=O)C(SCc3ccccc3)=C(c3cccs3)C2=O)cc1. The predicted molar refractivity (Wildman–Crippen MR) is 119 cm³/mol. The van der Waals surface area contributed by atoms with Gasteiger partial charge >= 0.3 is 0 Å². The number of primary sulfonamides is 1. The number of hydrogen-bond acceptors (Lipinski definition) is 6. The minimum absolute atomic E-state index is 0.0875. The molecule has 3 aromatic rings. The van der Waals surface area contributed by atoms with E-state index >= 15 is 0 Å². The molecule has 1 aliphatic heterocycles. The molecule has 0 bridgehead atoms. The lowest BCUT2D eigenvalue weighted by atomic mass is 10.2. The maximum absolute atomic E-state index is 13.2. The highest BCUT2D eigenvalue weighted by Crippen LogP contribution is 2.40. The molecule has 4 rings (SSSR count). The third-order valence-electron chi connectivity index (χ3n) is 4.46. The first-order valence-corrected chi connectivity index (χ1v) is 12.2. The Morgan fingerprint density at radius 3 is 2.20 bits per heavy atom. The van der Waals surface area contributed by atoms with Crippen LogP contribution in [0.4, 0.5) is 5.69 Å². The summed E-state index contributed by atoms with van der Waals surface area (Å²) in [7, 11) is -3.87. The lowest BCUT2D eigenvalue weighted by Crippen LogP contribution is -2.31. The molecule has 152 valence electrons. The van der Waals surface area contributed by atoms with Crippen LogP contribution in [0, 0.1) is 0 Å². The largest absolute Gasteiger partial charge is 0.272 e. The molecule has 2 heterocycles. The first-order chi connectivity index (χ1) is 14.4. The third-order valence-corrected chi connectivity index (χ3v) is 7.42. The van der Waals surface area contributed by atoms with E-state index in [0.717, 1.165) is 10.5 Å². The van der Waals surface area contributed by atoms with E-state index in [9.17, 15) is 18.0 Å². The lowest BCUT2D eigenvalue weighted by molar-refractivity contribution is -0.119. The molecule has 0 fully saturated rings. The van der Waals surface area contributed by atoms with E-state index in [1.165, 1.54) is 47.4 Å². The topological polar surface area (TPSA) is 97.5 Å². The van der Waals surface area contributed by atoms with Crippen LogP contribution in [0.1, 0.15) is 10.4 Å². The molecule has 30 heavy (non-hydrogen) atoms. The number of thioether (sulfide) groups is 1. The van der Waals surface area contributed by atoms with Crippen LogP contribution >= 0.6 is 23.1 Å². The fourth-order valence-corrected chi connectivity index (χ4v) is 5.44. The van der Waals surface area contributed by atoms with Crippen LogP contribution in [-0.4, -0.2) is 20.2 Å². The second-order valence-electron chi connectivity index (χ2n) is 6.44. The zero-order valence-electron chi connectivity index (χ0n) is 15.5. The van der Waals surface area contributed by atoms with E-state index in [4.69, 9.17) is 5.14 Å².